The van der Waals surface area contributed by atoms with Crippen LogP contribution in [0, 0.1) is 0 Å². The predicted octanol–water partition coefficient (Wildman–Crippen LogP) is 0.625. The maximum absolute atomic E-state index is 5.45. The van der Waals surface area contributed by atoms with Gasteiger partial charge in [-0.05, 0) is 19.3 Å². The Morgan fingerprint density at radius 1 is 1.10 bits per heavy atom. The van der Waals surface area contributed by atoms with Gasteiger partial charge in [0.15, 0.2) is 5.82 Å². The van der Waals surface area contributed by atoms with Crippen LogP contribution in [0.15, 0.2) is 12.3 Å². The molecule has 0 atom stereocenters. The highest BCUT2D eigenvalue weighted by molar-refractivity contribution is 5.51. The van der Waals surface area contributed by atoms with Gasteiger partial charge in [-0.3, -0.25) is 10.1 Å². The van der Waals surface area contributed by atoms with E-state index in [2.05, 4.69) is 35.7 Å². The van der Waals surface area contributed by atoms with Gasteiger partial charge < -0.3 is 10.2 Å². The molecule has 0 aromatic carbocycles. The van der Waals surface area contributed by atoms with Gasteiger partial charge in [0, 0.05) is 32.4 Å². The molecule has 4 N–H and O–H groups in total. The Bertz CT molecular complexity index is 603. The van der Waals surface area contributed by atoms with Crippen molar-refractivity contribution in [3.05, 3.63) is 12.3 Å². The van der Waals surface area contributed by atoms with Gasteiger partial charge in [0.1, 0.15) is 0 Å². The number of rotatable bonds is 4. The molecule has 0 bridgehead atoms. The van der Waals surface area contributed by atoms with Gasteiger partial charge in [0.2, 0.25) is 17.8 Å². The van der Waals surface area contributed by atoms with E-state index in [0.29, 0.717) is 23.7 Å². The molecule has 9 nitrogen and oxygen atoms in total. The fourth-order valence-electron chi connectivity index (χ4n) is 2.32. The third-order valence-electron chi connectivity index (χ3n) is 3.35. The maximum Gasteiger partial charge on any atom is 0.243 e. The van der Waals surface area contributed by atoms with Crippen LogP contribution in [0.1, 0.15) is 19.3 Å². The van der Waals surface area contributed by atoms with Crippen LogP contribution in [-0.4, -0.2) is 37.8 Å². The van der Waals surface area contributed by atoms with Crippen LogP contribution in [0.25, 0.3) is 0 Å². The molecule has 2 aromatic heterocycles. The van der Waals surface area contributed by atoms with Crippen LogP contribution in [0.2, 0.25) is 0 Å². The topological polar surface area (TPSA) is 110 Å². The van der Waals surface area contributed by atoms with Crippen LogP contribution in [0.3, 0.4) is 0 Å². The highest BCUT2D eigenvalue weighted by Crippen LogP contribution is 2.19. The Balaban J connectivity index is 1.85. The fourth-order valence-corrected chi connectivity index (χ4v) is 2.32. The first-order valence-corrected chi connectivity index (χ1v) is 6.99. The van der Waals surface area contributed by atoms with Crippen molar-refractivity contribution >= 4 is 23.7 Å². The molecule has 0 radical (unpaired) electrons. The lowest BCUT2D eigenvalue weighted by molar-refractivity contribution is 0.568. The average molecular weight is 289 g/mol. The number of nitrogens with two attached hydrogens (primary N) is 1. The summed E-state index contributed by atoms with van der Waals surface area (Å²) in [5, 5.41) is 7.31. The minimum Gasteiger partial charge on any atom is -0.341 e. The molecule has 112 valence electrons. The number of hydrazine groups is 1. The summed E-state index contributed by atoms with van der Waals surface area (Å²) >= 11 is 0. The summed E-state index contributed by atoms with van der Waals surface area (Å²) in [7, 11) is 1.85. The summed E-state index contributed by atoms with van der Waals surface area (Å²) in [6.45, 7) is 1.91. The largest absolute Gasteiger partial charge is 0.341 e. The molecular formula is C12H19N9. The summed E-state index contributed by atoms with van der Waals surface area (Å²) < 4.78 is 1.71. The third kappa shape index (κ3) is 3.19. The van der Waals surface area contributed by atoms with Crippen molar-refractivity contribution < 1.29 is 0 Å². The maximum atomic E-state index is 5.45. The molecule has 1 aliphatic heterocycles. The van der Waals surface area contributed by atoms with Crippen molar-refractivity contribution in [3.63, 3.8) is 0 Å². The molecule has 3 heterocycles. The van der Waals surface area contributed by atoms with E-state index in [1.807, 2.05) is 19.3 Å². The number of piperidine rings is 1. The van der Waals surface area contributed by atoms with Gasteiger partial charge in [-0.1, -0.05) is 0 Å². The Kier molecular flexibility index (Phi) is 3.82. The number of aryl methyl sites for hydroxylation is 1. The Hall–Kier alpha value is -2.42. The van der Waals surface area contributed by atoms with E-state index in [1.54, 1.807) is 4.68 Å². The van der Waals surface area contributed by atoms with Crippen LogP contribution in [0.4, 0.5) is 23.7 Å². The van der Waals surface area contributed by atoms with E-state index in [9.17, 15) is 0 Å². The van der Waals surface area contributed by atoms with Crippen LogP contribution < -0.4 is 21.5 Å². The van der Waals surface area contributed by atoms with Crippen molar-refractivity contribution in [2.75, 3.05) is 28.7 Å². The number of nitrogen functional groups attached to an aromatic ring is 1. The standard InChI is InChI=1S/C12H19N9/c1-20-8-5-9(19-20)14-10-15-11(18-13)17-12(16-10)21-6-3-2-4-7-21/h5,8H,2-4,6-7,13H2,1H3,(H2,14,15,16,17,18,19). The molecule has 2 aromatic rings. The second kappa shape index (κ2) is 5.92. The van der Waals surface area contributed by atoms with E-state index in [1.165, 1.54) is 6.42 Å². The SMILES string of the molecule is Cn1ccc(Nc2nc(NN)nc(N3CCCCC3)n2)n1. The predicted molar refractivity (Wildman–Crippen MR) is 80.2 cm³/mol. The van der Waals surface area contributed by atoms with Crippen LogP contribution >= 0.6 is 0 Å². The highest BCUT2D eigenvalue weighted by atomic mass is 15.4. The number of nitrogens with zero attached hydrogens (tertiary/aromatic N) is 6. The Morgan fingerprint density at radius 3 is 2.52 bits per heavy atom. The second-order valence-electron chi connectivity index (χ2n) is 4.97. The molecule has 9 heteroatoms. The molecule has 1 aliphatic rings. The van der Waals surface area contributed by atoms with E-state index in [-0.39, 0.29) is 0 Å². The number of hydrogen-bond acceptors (Lipinski definition) is 8. The lowest BCUT2D eigenvalue weighted by Crippen LogP contribution is -2.31. The van der Waals surface area contributed by atoms with Gasteiger partial charge in [0.05, 0.1) is 0 Å². The molecule has 21 heavy (non-hydrogen) atoms. The quantitative estimate of drug-likeness (QED) is 0.555. The van der Waals surface area contributed by atoms with Crippen molar-refractivity contribution in [2.45, 2.75) is 19.3 Å². The lowest BCUT2D eigenvalue weighted by atomic mass is 10.1. The monoisotopic (exact) mass is 289 g/mol. The minimum absolute atomic E-state index is 0.337. The zero-order valence-corrected chi connectivity index (χ0v) is 12.0. The number of hydrogen-bond donors (Lipinski definition) is 3. The van der Waals surface area contributed by atoms with Gasteiger partial charge in [0.25, 0.3) is 0 Å². The number of nitrogens with one attached hydrogen (secondary N) is 2. The van der Waals surface area contributed by atoms with E-state index in [0.717, 1.165) is 25.9 Å². The molecule has 0 saturated carbocycles. The molecule has 0 amide bonds. The van der Waals surface area contributed by atoms with E-state index in [4.69, 9.17) is 5.84 Å². The summed E-state index contributed by atoms with van der Waals surface area (Å²) in [4.78, 5) is 15.1. The Labute approximate surface area is 122 Å². The van der Waals surface area contributed by atoms with Crippen molar-refractivity contribution in [1.82, 2.24) is 24.7 Å². The fraction of sp³-hybridized carbons (Fsp3) is 0.500. The van der Waals surface area contributed by atoms with E-state index >= 15 is 0 Å². The first-order valence-electron chi connectivity index (χ1n) is 6.99. The lowest BCUT2D eigenvalue weighted by Gasteiger charge is -2.26. The normalized spacial score (nSPS) is 15.0. The van der Waals surface area contributed by atoms with Crippen molar-refractivity contribution in [3.8, 4) is 0 Å². The molecule has 1 saturated heterocycles. The highest BCUT2D eigenvalue weighted by Gasteiger charge is 2.16. The average Bonchev–Trinajstić information content (AvgIpc) is 2.93. The number of aromatic nitrogens is 5. The zero-order valence-electron chi connectivity index (χ0n) is 12.0. The molecular weight excluding hydrogens is 270 g/mol. The van der Waals surface area contributed by atoms with Crippen LogP contribution in [-0.2, 0) is 7.05 Å². The summed E-state index contributed by atoms with van der Waals surface area (Å²) in [5.74, 6) is 7.52. The smallest absolute Gasteiger partial charge is 0.243 e. The summed E-state index contributed by atoms with van der Waals surface area (Å²) in [6.07, 6.45) is 5.40. The first-order chi connectivity index (χ1) is 10.2. The van der Waals surface area contributed by atoms with Gasteiger partial charge >= 0.3 is 0 Å². The van der Waals surface area contributed by atoms with Gasteiger partial charge in [-0.2, -0.15) is 20.1 Å². The van der Waals surface area contributed by atoms with E-state index < -0.39 is 0 Å². The molecule has 0 aliphatic carbocycles. The first kappa shape index (κ1) is 13.6. The molecule has 0 unspecified atom stereocenters. The third-order valence-corrected chi connectivity index (χ3v) is 3.35. The Morgan fingerprint density at radius 2 is 1.86 bits per heavy atom. The zero-order chi connectivity index (χ0) is 14.7. The van der Waals surface area contributed by atoms with Crippen molar-refractivity contribution in [1.29, 1.82) is 0 Å². The number of anilines is 4. The molecule has 3 rings (SSSR count). The van der Waals surface area contributed by atoms with Crippen LogP contribution in [0.5, 0.6) is 0 Å². The summed E-state index contributed by atoms with van der Waals surface area (Å²) in [5.41, 5.74) is 2.48. The van der Waals surface area contributed by atoms with Gasteiger partial charge in [-0.15, -0.1) is 0 Å². The second-order valence-corrected chi connectivity index (χ2v) is 4.97. The summed E-state index contributed by atoms with van der Waals surface area (Å²) in [6, 6.07) is 1.85. The molecule has 0 spiro atoms. The molecule has 1 fully saturated rings. The van der Waals surface area contributed by atoms with Crippen molar-refractivity contribution in [2.24, 2.45) is 12.9 Å². The minimum atomic E-state index is 0.337. The van der Waals surface area contributed by atoms with Gasteiger partial charge in [-0.25, -0.2) is 5.84 Å².